The Balaban J connectivity index is 1.90. The molecule has 0 atom stereocenters. The number of carbonyl (C=O) groups excluding carboxylic acids is 1. The molecule has 2 amide bonds. The van der Waals surface area contributed by atoms with E-state index >= 15 is 0 Å². The van der Waals surface area contributed by atoms with E-state index in [-0.39, 0.29) is 0 Å². The Bertz CT molecular complexity index is 808. The Morgan fingerprint density at radius 1 is 1.30 bits per heavy atom. The van der Waals surface area contributed by atoms with E-state index in [1.54, 1.807) is 17.6 Å². The van der Waals surface area contributed by atoms with Crippen LogP contribution in [0.4, 0.5) is 4.79 Å². The molecule has 6 nitrogen and oxygen atoms in total. The lowest BCUT2D eigenvalue weighted by Gasteiger charge is -2.00. The van der Waals surface area contributed by atoms with E-state index in [1.807, 2.05) is 46.6 Å². The largest absolute Gasteiger partial charge is 0.350 e. The first-order valence-electron chi connectivity index (χ1n) is 6.96. The fraction of sp³-hybridized carbons (Fsp3) is 0.0625. The molecule has 0 saturated carbocycles. The van der Waals surface area contributed by atoms with Crippen molar-refractivity contribution in [3.8, 4) is 10.6 Å². The molecule has 0 saturated heterocycles. The standard InChI is InChI=1S/C16H15N5OS/c17-16(22)19-18-9-13-11-21(10-12-5-2-1-3-6-12)20-15(13)14-7-4-8-23-14/h1-9,11H,10H2,(H3,17,19,22)/b18-9-. The summed E-state index contributed by atoms with van der Waals surface area (Å²) in [5, 5.41) is 10.5. The van der Waals surface area contributed by atoms with Crippen LogP contribution in [0.1, 0.15) is 11.1 Å². The van der Waals surface area contributed by atoms with Crippen LogP contribution in [-0.2, 0) is 6.54 Å². The monoisotopic (exact) mass is 325 g/mol. The van der Waals surface area contributed by atoms with E-state index in [1.165, 1.54) is 0 Å². The van der Waals surface area contributed by atoms with Gasteiger partial charge in [-0.15, -0.1) is 11.3 Å². The number of amides is 2. The van der Waals surface area contributed by atoms with Crippen LogP contribution < -0.4 is 11.2 Å². The maximum absolute atomic E-state index is 10.7. The third kappa shape index (κ3) is 3.83. The lowest BCUT2D eigenvalue weighted by atomic mass is 10.2. The molecule has 0 unspecified atom stereocenters. The van der Waals surface area contributed by atoms with Crippen LogP contribution in [0.3, 0.4) is 0 Å². The average Bonchev–Trinajstić information content (AvgIpc) is 3.17. The van der Waals surface area contributed by atoms with E-state index in [0.717, 1.165) is 21.7 Å². The van der Waals surface area contributed by atoms with Crippen molar-refractivity contribution in [3.05, 3.63) is 65.2 Å². The lowest BCUT2D eigenvalue weighted by molar-refractivity contribution is 0.249. The third-order valence-corrected chi connectivity index (χ3v) is 3.99. The number of hydrogen-bond acceptors (Lipinski definition) is 4. The zero-order chi connectivity index (χ0) is 16.1. The normalized spacial score (nSPS) is 11.0. The van der Waals surface area contributed by atoms with Gasteiger partial charge >= 0.3 is 6.03 Å². The Kier molecular flexibility index (Phi) is 4.49. The lowest BCUT2D eigenvalue weighted by Crippen LogP contribution is -2.24. The Hall–Kier alpha value is -2.93. The number of nitrogens with one attached hydrogen (secondary N) is 1. The van der Waals surface area contributed by atoms with Crippen LogP contribution in [0.2, 0.25) is 0 Å². The molecule has 0 spiro atoms. The smallest absolute Gasteiger partial charge is 0.332 e. The van der Waals surface area contributed by atoms with Crippen LogP contribution in [0, 0.1) is 0 Å². The van der Waals surface area contributed by atoms with E-state index in [9.17, 15) is 4.79 Å². The summed E-state index contributed by atoms with van der Waals surface area (Å²) in [7, 11) is 0. The highest BCUT2D eigenvalue weighted by Gasteiger charge is 2.11. The van der Waals surface area contributed by atoms with Gasteiger partial charge in [0.1, 0.15) is 5.69 Å². The molecular formula is C16H15N5OS. The van der Waals surface area contributed by atoms with Crippen molar-refractivity contribution in [1.29, 1.82) is 0 Å². The summed E-state index contributed by atoms with van der Waals surface area (Å²) < 4.78 is 1.86. The number of aromatic nitrogens is 2. The minimum Gasteiger partial charge on any atom is -0.350 e. The van der Waals surface area contributed by atoms with Crippen molar-refractivity contribution in [2.24, 2.45) is 10.8 Å². The molecule has 0 radical (unpaired) electrons. The number of hydrogen-bond donors (Lipinski definition) is 2. The highest BCUT2D eigenvalue weighted by atomic mass is 32.1. The number of hydrazone groups is 1. The van der Waals surface area contributed by atoms with Gasteiger partial charge in [-0.25, -0.2) is 10.2 Å². The van der Waals surface area contributed by atoms with Crippen LogP contribution in [-0.4, -0.2) is 22.0 Å². The number of carbonyl (C=O) groups is 1. The van der Waals surface area contributed by atoms with Gasteiger partial charge in [-0.05, 0) is 17.0 Å². The molecule has 2 aromatic heterocycles. The highest BCUT2D eigenvalue weighted by molar-refractivity contribution is 7.13. The first kappa shape index (κ1) is 15.0. The SMILES string of the molecule is NC(=O)N/N=C\c1cn(Cc2ccccc2)nc1-c1cccs1. The molecule has 0 bridgehead atoms. The zero-order valence-corrected chi connectivity index (χ0v) is 13.0. The minimum atomic E-state index is -0.699. The predicted molar refractivity (Wildman–Crippen MR) is 91.4 cm³/mol. The summed E-state index contributed by atoms with van der Waals surface area (Å²) in [5.74, 6) is 0. The summed E-state index contributed by atoms with van der Waals surface area (Å²) in [5.41, 5.74) is 10.0. The summed E-state index contributed by atoms with van der Waals surface area (Å²) in [4.78, 5) is 11.8. The summed E-state index contributed by atoms with van der Waals surface area (Å²) in [6, 6.07) is 13.4. The second kappa shape index (κ2) is 6.89. The Morgan fingerprint density at radius 3 is 2.83 bits per heavy atom. The molecule has 7 heteroatoms. The molecule has 1 aromatic carbocycles. The second-order valence-corrected chi connectivity index (χ2v) is 5.78. The van der Waals surface area contributed by atoms with Crippen molar-refractivity contribution in [3.63, 3.8) is 0 Å². The zero-order valence-electron chi connectivity index (χ0n) is 12.2. The summed E-state index contributed by atoms with van der Waals surface area (Å²) in [6.45, 7) is 0.663. The van der Waals surface area contributed by atoms with E-state index < -0.39 is 6.03 Å². The number of rotatable bonds is 5. The predicted octanol–water partition coefficient (Wildman–Crippen LogP) is 2.66. The van der Waals surface area contributed by atoms with Crippen molar-refractivity contribution in [2.75, 3.05) is 0 Å². The molecule has 2 heterocycles. The Labute approximate surface area is 137 Å². The second-order valence-electron chi connectivity index (χ2n) is 4.83. The van der Waals surface area contributed by atoms with E-state index in [4.69, 9.17) is 5.73 Å². The number of benzene rings is 1. The van der Waals surface area contributed by atoms with Gasteiger partial charge in [0.05, 0.1) is 17.6 Å². The topological polar surface area (TPSA) is 85.3 Å². The van der Waals surface area contributed by atoms with Crippen molar-refractivity contribution in [1.82, 2.24) is 15.2 Å². The minimum absolute atomic E-state index is 0.663. The van der Waals surface area contributed by atoms with Crippen LogP contribution >= 0.6 is 11.3 Å². The van der Waals surface area contributed by atoms with E-state index in [2.05, 4.69) is 27.8 Å². The fourth-order valence-electron chi connectivity index (χ4n) is 2.15. The molecular weight excluding hydrogens is 310 g/mol. The van der Waals surface area contributed by atoms with Crippen LogP contribution in [0.5, 0.6) is 0 Å². The molecule has 23 heavy (non-hydrogen) atoms. The quantitative estimate of drug-likeness (QED) is 0.558. The summed E-state index contributed by atoms with van der Waals surface area (Å²) >= 11 is 1.60. The molecule has 3 rings (SSSR count). The molecule has 3 N–H and O–H groups in total. The maximum atomic E-state index is 10.7. The molecule has 116 valence electrons. The van der Waals surface area contributed by atoms with Crippen LogP contribution in [0.25, 0.3) is 10.6 Å². The van der Waals surface area contributed by atoms with Gasteiger partial charge in [-0.1, -0.05) is 36.4 Å². The first-order chi connectivity index (χ1) is 11.2. The summed E-state index contributed by atoms with van der Waals surface area (Å²) in [6.07, 6.45) is 3.45. The molecule has 0 aliphatic rings. The number of urea groups is 1. The van der Waals surface area contributed by atoms with Crippen molar-refractivity contribution in [2.45, 2.75) is 6.54 Å². The maximum Gasteiger partial charge on any atom is 0.332 e. The molecule has 0 aliphatic carbocycles. The van der Waals surface area contributed by atoms with Gasteiger partial charge in [0.25, 0.3) is 0 Å². The van der Waals surface area contributed by atoms with Gasteiger partial charge < -0.3 is 5.73 Å². The van der Waals surface area contributed by atoms with Gasteiger partial charge in [0, 0.05) is 11.8 Å². The van der Waals surface area contributed by atoms with Crippen LogP contribution in [0.15, 0.2) is 59.1 Å². The van der Waals surface area contributed by atoms with Gasteiger partial charge in [0.2, 0.25) is 0 Å². The first-order valence-corrected chi connectivity index (χ1v) is 7.84. The highest BCUT2D eigenvalue weighted by Crippen LogP contribution is 2.26. The average molecular weight is 325 g/mol. The van der Waals surface area contributed by atoms with Gasteiger partial charge in [0.15, 0.2) is 0 Å². The number of nitrogens with two attached hydrogens (primary N) is 1. The molecule has 0 aliphatic heterocycles. The van der Waals surface area contributed by atoms with Gasteiger partial charge in [-0.3, -0.25) is 4.68 Å². The number of nitrogens with zero attached hydrogens (tertiary/aromatic N) is 3. The van der Waals surface area contributed by atoms with Crippen molar-refractivity contribution >= 4 is 23.6 Å². The Morgan fingerprint density at radius 2 is 2.13 bits per heavy atom. The third-order valence-electron chi connectivity index (χ3n) is 3.11. The van der Waals surface area contributed by atoms with E-state index in [0.29, 0.717) is 6.54 Å². The number of primary amides is 1. The molecule has 0 fully saturated rings. The fourth-order valence-corrected chi connectivity index (χ4v) is 2.88. The van der Waals surface area contributed by atoms with Crippen molar-refractivity contribution < 1.29 is 4.79 Å². The molecule has 3 aromatic rings. The number of thiophene rings is 1. The van der Waals surface area contributed by atoms with Gasteiger partial charge in [-0.2, -0.15) is 10.2 Å².